The molecule has 0 aliphatic heterocycles. The molecule has 0 fully saturated rings. The summed E-state index contributed by atoms with van der Waals surface area (Å²) in [6.07, 6.45) is 3.12. The molecule has 8 heteroatoms. The van der Waals surface area contributed by atoms with Crippen molar-refractivity contribution in [3.63, 3.8) is 0 Å². The van der Waals surface area contributed by atoms with Gasteiger partial charge in [0.25, 0.3) is 5.91 Å². The summed E-state index contributed by atoms with van der Waals surface area (Å²) in [4.78, 5) is 16.4. The van der Waals surface area contributed by atoms with E-state index in [9.17, 15) is 4.79 Å². The van der Waals surface area contributed by atoms with Crippen LogP contribution in [0.2, 0.25) is 5.02 Å². The van der Waals surface area contributed by atoms with E-state index >= 15 is 0 Å². The molecule has 0 unspecified atom stereocenters. The molecular formula is C16H17ClN6O. The second-order valence-electron chi connectivity index (χ2n) is 5.31. The summed E-state index contributed by atoms with van der Waals surface area (Å²) >= 11 is 5.97. The number of rotatable bonds is 5. The highest BCUT2D eigenvalue weighted by Gasteiger charge is 2.15. The average molecular weight is 345 g/mol. The summed E-state index contributed by atoms with van der Waals surface area (Å²) in [5, 5.41) is 11.8. The largest absolute Gasteiger partial charge is 0.289 e. The minimum atomic E-state index is -0.271. The van der Waals surface area contributed by atoms with Crippen molar-refractivity contribution in [3.8, 4) is 0 Å². The number of anilines is 1. The first-order valence-electron chi connectivity index (χ1n) is 7.54. The zero-order valence-corrected chi connectivity index (χ0v) is 14.2. The third-order valence-electron chi connectivity index (χ3n) is 3.64. The molecule has 2 heterocycles. The van der Waals surface area contributed by atoms with Gasteiger partial charge in [0.1, 0.15) is 6.33 Å². The van der Waals surface area contributed by atoms with E-state index < -0.39 is 0 Å². The Kier molecular flexibility index (Phi) is 4.61. The number of nitrogens with zero attached hydrogens (tertiary/aromatic N) is 5. The molecule has 3 rings (SSSR count). The summed E-state index contributed by atoms with van der Waals surface area (Å²) in [5.74, 6) is -0.0154. The summed E-state index contributed by atoms with van der Waals surface area (Å²) in [6, 6.07) is 7.51. The number of aromatic nitrogens is 5. The van der Waals surface area contributed by atoms with Crippen LogP contribution in [0.15, 0.2) is 36.8 Å². The van der Waals surface area contributed by atoms with Crippen molar-refractivity contribution in [2.24, 2.45) is 0 Å². The Morgan fingerprint density at radius 3 is 2.92 bits per heavy atom. The van der Waals surface area contributed by atoms with Crippen molar-refractivity contribution < 1.29 is 4.79 Å². The number of aryl methyl sites for hydroxylation is 1. The first-order chi connectivity index (χ1) is 11.6. The summed E-state index contributed by atoms with van der Waals surface area (Å²) in [6.45, 7) is 5.07. The molecule has 0 radical (unpaired) electrons. The molecular weight excluding hydrogens is 328 g/mol. The van der Waals surface area contributed by atoms with Gasteiger partial charge in [-0.15, -0.1) is 5.10 Å². The van der Waals surface area contributed by atoms with E-state index in [4.69, 9.17) is 11.6 Å². The van der Waals surface area contributed by atoms with E-state index in [0.29, 0.717) is 23.7 Å². The van der Waals surface area contributed by atoms with Gasteiger partial charge in [-0.3, -0.25) is 14.8 Å². The van der Waals surface area contributed by atoms with E-state index in [1.807, 2.05) is 38.1 Å². The quantitative estimate of drug-likeness (QED) is 0.772. The average Bonchev–Trinajstić information content (AvgIpc) is 3.13. The van der Waals surface area contributed by atoms with Crippen LogP contribution in [0.1, 0.15) is 28.5 Å². The van der Waals surface area contributed by atoms with Gasteiger partial charge in [-0.1, -0.05) is 23.7 Å². The molecule has 24 heavy (non-hydrogen) atoms. The topological polar surface area (TPSA) is 77.6 Å². The zero-order valence-electron chi connectivity index (χ0n) is 13.4. The van der Waals surface area contributed by atoms with Gasteiger partial charge >= 0.3 is 0 Å². The lowest BCUT2D eigenvalue weighted by Crippen LogP contribution is -2.14. The molecule has 124 valence electrons. The van der Waals surface area contributed by atoms with Crippen molar-refractivity contribution in [2.45, 2.75) is 26.9 Å². The van der Waals surface area contributed by atoms with Gasteiger partial charge in [-0.2, -0.15) is 5.10 Å². The second kappa shape index (κ2) is 6.84. The fraction of sp³-hybridized carbons (Fsp3) is 0.250. The fourth-order valence-corrected chi connectivity index (χ4v) is 2.62. The highest BCUT2D eigenvalue weighted by Crippen LogP contribution is 2.13. The maximum atomic E-state index is 12.3. The van der Waals surface area contributed by atoms with Gasteiger partial charge in [0.2, 0.25) is 5.95 Å². The number of hydrogen-bond acceptors (Lipinski definition) is 4. The van der Waals surface area contributed by atoms with Crippen LogP contribution in [-0.2, 0) is 13.1 Å². The maximum Gasteiger partial charge on any atom is 0.261 e. The standard InChI is InChI=1S/C16H17ClN6O/c1-3-23-11(2)14(8-19-23)15(24)20-16-18-10-22(21-16)9-12-5-4-6-13(17)7-12/h4-8,10H,3,9H2,1-2H3,(H,20,21,24). The van der Waals surface area contributed by atoms with Crippen LogP contribution >= 0.6 is 11.6 Å². The minimum Gasteiger partial charge on any atom is -0.289 e. The van der Waals surface area contributed by atoms with Crippen LogP contribution in [0.5, 0.6) is 0 Å². The Morgan fingerprint density at radius 1 is 1.38 bits per heavy atom. The SMILES string of the molecule is CCn1ncc(C(=O)Nc2ncn(Cc3cccc(Cl)c3)n2)c1C. The Hall–Kier alpha value is -2.67. The van der Waals surface area contributed by atoms with Crippen molar-refractivity contribution >= 4 is 23.5 Å². The number of nitrogens with one attached hydrogen (secondary N) is 1. The molecule has 0 atom stereocenters. The monoisotopic (exact) mass is 344 g/mol. The molecule has 0 bridgehead atoms. The summed E-state index contributed by atoms with van der Waals surface area (Å²) in [7, 11) is 0. The third-order valence-corrected chi connectivity index (χ3v) is 3.88. The molecule has 3 aromatic rings. The summed E-state index contributed by atoms with van der Waals surface area (Å²) in [5.41, 5.74) is 2.33. The first-order valence-corrected chi connectivity index (χ1v) is 7.92. The number of halogens is 1. The molecule has 0 saturated carbocycles. The molecule has 0 saturated heterocycles. The second-order valence-corrected chi connectivity index (χ2v) is 5.75. The molecule has 0 aliphatic carbocycles. The fourth-order valence-electron chi connectivity index (χ4n) is 2.41. The highest BCUT2D eigenvalue weighted by molar-refractivity contribution is 6.30. The Morgan fingerprint density at radius 2 is 2.21 bits per heavy atom. The van der Waals surface area contributed by atoms with E-state index in [2.05, 4.69) is 20.5 Å². The molecule has 0 aliphatic rings. The number of carbonyl (C=O) groups is 1. The highest BCUT2D eigenvalue weighted by atomic mass is 35.5. The summed E-state index contributed by atoms with van der Waals surface area (Å²) < 4.78 is 3.41. The van der Waals surface area contributed by atoms with Crippen LogP contribution in [0.3, 0.4) is 0 Å². The van der Waals surface area contributed by atoms with Crippen LogP contribution in [0, 0.1) is 6.92 Å². The van der Waals surface area contributed by atoms with E-state index in [1.165, 1.54) is 0 Å². The first kappa shape index (κ1) is 16.2. The van der Waals surface area contributed by atoms with Crippen molar-refractivity contribution in [1.29, 1.82) is 0 Å². The molecule has 0 spiro atoms. The van der Waals surface area contributed by atoms with Crippen molar-refractivity contribution in [1.82, 2.24) is 24.5 Å². The third kappa shape index (κ3) is 3.46. The molecule has 1 aromatic carbocycles. The molecule has 2 aromatic heterocycles. The van der Waals surface area contributed by atoms with E-state index in [0.717, 1.165) is 11.3 Å². The normalized spacial score (nSPS) is 10.8. The lowest BCUT2D eigenvalue weighted by atomic mass is 10.2. The van der Waals surface area contributed by atoms with Gasteiger partial charge in [0, 0.05) is 17.3 Å². The maximum absolute atomic E-state index is 12.3. The molecule has 1 amide bonds. The number of amides is 1. The Balaban J connectivity index is 1.69. The smallest absolute Gasteiger partial charge is 0.261 e. The number of carbonyl (C=O) groups excluding carboxylic acids is 1. The lowest BCUT2D eigenvalue weighted by molar-refractivity contribution is 0.102. The van der Waals surface area contributed by atoms with Gasteiger partial charge in [-0.25, -0.2) is 9.67 Å². The zero-order chi connectivity index (χ0) is 17.1. The predicted molar refractivity (Wildman–Crippen MR) is 91.2 cm³/mol. The number of benzene rings is 1. The van der Waals surface area contributed by atoms with Gasteiger partial charge in [-0.05, 0) is 31.5 Å². The van der Waals surface area contributed by atoms with Gasteiger partial charge in [0.05, 0.1) is 18.3 Å². The van der Waals surface area contributed by atoms with Crippen molar-refractivity contribution in [2.75, 3.05) is 5.32 Å². The van der Waals surface area contributed by atoms with E-state index in [1.54, 1.807) is 21.9 Å². The van der Waals surface area contributed by atoms with Crippen LogP contribution < -0.4 is 5.32 Å². The van der Waals surface area contributed by atoms with Crippen LogP contribution in [0.4, 0.5) is 5.95 Å². The van der Waals surface area contributed by atoms with Crippen LogP contribution in [-0.4, -0.2) is 30.5 Å². The van der Waals surface area contributed by atoms with Crippen LogP contribution in [0.25, 0.3) is 0 Å². The van der Waals surface area contributed by atoms with Crippen molar-refractivity contribution in [3.05, 3.63) is 58.6 Å². The molecule has 1 N–H and O–H groups in total. The molecule has 7 nitrogen and oxygen atoms in total. The Bertz CT molecular complexity index is 869. The lowest BCUT2D eigenvalue weighted by Gasteiger charge is -2.03. The predicted octanol–water partition coefficient (Wildman–Crippen LogP) is 2.76. The minimum absolute atomic E-state index is 0.255. The van der Waals surface area contributed by atoms with Gasteiger partial charge < -0.3 is 0 Å². The number of hydrogen-bond donors (Lipinski definition) is 1. The Labute approximate surface area is 144 Å². The van der Waals surface area contributed by atoms with E-state index in [-0.39, 0.29) is 11.9 Å². The van der Waals surface area contributed by atoms with Gasteiger partial charge in [0.15, 0.2) is 0 Å².